The molecule has 0 radical (unpaired) electrons. The van der Waals surface area contributed by atoms with E-state index in [9.17, 15) is 0 Å². The minimum absolute atomic E-state index is 0.315. The predicted molar refractivity (Wildman–Crippen MR) is 75.5 cm³/mol. The van der Waals surface area contributed by atoms with E-state index in [4.69, 9.17) is 16.3 Å². The Morgan fingerprint density at radius 3 is 2.68 bits per heavy atom. The first-order valence-electron chi connectivity index (χ1n) is 6.47. The summed E-state index contributed by atoms with van der Waals surface area (Å²) in [5.74, 6) is 0.801. The SMILES string of the molecule is Cc1cnc(-c2ccc(Cl)cc2OC2CCC2)cn1. The van der Waals surface area contributed by atoms with Gasteiger partial charge in [-0.15, -0.1) is 0 Å². The van der Waals surface area contributed by atoms with Gasteiger partial charge < -0.3 is 4.74 Å². The minimum Gasteiger partial charge on any atom is -0.490 e. The molecule has 0 saturated heterocycles. The lowest BCUT2D eigenvalue weighted by molar-refractivity contribution is 0.121. The summed E-state index contributed by atoms with van der Waals surface area (Å²) < 4.78 is 5.99. The Morgan fingerprint density at radius 1 is 1.21 bits per heavy atom. The lowest BCUT2D eigenvalue weighted by Gasteiger charge is -2.27. The number of aromatic nitrogens is 2. The van der Waals surface area contributed by atoms with Crippen LogP contribution in [0.3, 0.4) is 0 Å². The average molecular weight is 275 g/mol. The van der Waals surface area contributed by atoms with Crippen molar-refractivity contribution in [2.75, 3.05) is 0 Å². The number of hydrogen-bond donors (Lipinski definition) is 0. The van der Waals surface area contributed by atoms with Crippen molar-refractivity contribution in [2.45, 2.75) is 32.3 Å². The van der Waals surface area contributed by atoms with Gasteiger partial charge in [0.05, 0.1) is 23.7 Å². The number of hydrogen-bond acceptors (Lipinski definition) is 3. The zero-order valence-corrected chi connectivity index (χ0v) is 11.5. The quantitative estimate of drug-likeness (QED) is 0.847. The van der Waals surface area contributed by atoms with Crippen LogP contribution in [0.25, 0.3) is 11.3 Å². The van der Waals surface area contributed by atoms with Crippen molar-refractivity contribution in [3.05, 3.63) is 41.3 Å². The fraction of sp³-hybridized carbons (Fsp3) is 0.333. The third kappa shape index (κ3) is 2.71. The zero-order chi connectivity index (χ0) is 13.2. The summed E-state index contributed by atoms with van der Waals surface area (Å²) in [6.45, 7) is 1.92. The molecule has 1 saturated carbocycles. The molecule has 0 unspecified atom stereocenters. The molecule has 0 atom stereocenters. The van der Waals surface area contributed by atoms with E-state index < -0.39 is 0 Å². The molecule has 1 fully saturated rings. The largest absolute Gasteiger partial charge is 0.490 e. The minimum atomic E-state index is 0.315. The fourth-order valence-electron chi connectivity index (χ4n) is 2.01. The van der Waals surface area contributed by atoms with Crippen LogP contribution in [-0.2, 0) is 0 Å². The standard InChI is InChI=1S/C15H15ClN2O/c1-10-8-18-14(9-17-10)13-6-5-11(16)7-15(13)19-12-3-2-4-12/h5-9,12H,2-4H2,1H3. The van der Waals surface area contributed by atoms with Gasteiger partial charge in [0.25, 0.3) is 0 Å². The predicted octanol–water partition coefficient (Wildman–Crippen LogP) is 4.04. The van der Waals surface area contributed by atoms with Crippen LogP contribution in [0.2, 0.25) is 5.02 Å². The summed E-state index contributed by atoms with van der Waals surface area (Å²) in [6.07, 6.45) is 7.32. The molecular formula is C15H15ClN2O. The van der Waals surface area contributed by atoms with Gasteiger partial charge in [0.1, 0.15) is 5.75 Å². The molecule has 2 aromatic rings. The van der Waals surface area contributed by atoms with E-state index in [0.29, 0.717) is 11.1 Å². The molecule has 0 N–H and O–H groups in total. The van der Waals surface area contributed by atoms with Gasteiger partial charge >= 0.3 is 0 Å². The number of nitrogens with zero attached hydrogens (tertiary/aromatic N) is 2. The Labute approximate surface area is 117 Å². The van der Waals surface area contributed by atoms with E-state index >= 15 is 0 Å². The van der Waals surface area contributed by atoms with Gasteiger partial charge in [-0.25, -0.2) is 0 Å². The van der Waals surface area contributed by atoms with Crippen molar-refractivity contribution in [2.24, 2.45) is 0 Å². The Bertz CT molecular complexity index is 579. The number of ether oxygens (including phenoxy) is 1. The number of aryl methyl sites for hydroxylation is 1. The third-order valence-corrected chi connectivity index (χ3v) is 3.58. The smallest absolute Gasteiger partial charge is 0.130 e. The van der Waals surface area contributed by atoms with Crippen LogP contribution in [0.15, 0.2) is 30.6 Å². The third-order valence-electron chi connectivity index (χ3n) is 3.35. The maximum atomic E-state index is 6.06. The second kappa shape index (κ2) is 5.17. The highest BCUT2D eigenvalue weighted by atomic mass is 35.5. The van der Waals surface area contributed by atoms with Crippen LogP contribution in [0.1, 0.15) is 25.0 Å². The Hall–Kier alpha value is -1.61. The second-order valence-electron chi connectivity index (χ2n) is 4.85. The van der Waals surface area contributed by atoms with Crippen LogP contribution >= 0.6 is 11.6 Å². The molecule has 1 aliphatic carbocycles. The van der Waals surface area contributed by atoms with Gasteiger partial charge in [-0.1, -0.05) is 11.6 Å². The van der Waals surface area contributed by atoms with Crippen LogP contribution in [0, 0.1) is 6.92 Å². The Morgan fingerprint density at radius 2 is 2.05 bits per heavy atom. The molecule has 3 rings (SSSR count). The lowest BCUT2D eigenvalue weighted by atomic mass is 9.96. The first-order chi connectivity index (χ1) is 9.22. The highest BCUT2D eigenvalue weighted by molar-refractivity contribution is 6.30. The molecular weight excluding hydrogens is 260 g/mol. The molecule has 0 bridgehead atoms. The second-order valence-corrected chi connectivity index (χ2v) is 5.29. The molecule has 1 aromatic heterocycles. The summed E-state index contributed by atoms with van der Waals surface area (Å²) in [5, 5.41) is 0.679. The fourth-order valence-corrected chi connectivity index (χ4v) is 2.17. The van der Waals surface area contributed by atoms with Crippen LogP contribution < -0.4 is 4.74 Å². The normalized spacial score (nSPS) is 15.1. The van der Waals surface area contributed by atoms with E-state index in [-0.39, 0.29) is 0 Å². The molecule has 0 aliphatic heterocycles. The van der Waals surface area contributed by atoms with Gasteiger partial charge in [0.15, 0.2) is 0 Å². The monoisotopic (exact) mass is 274 g/mol. The topological polar surface area (TPSA) is 35.0 Å². The van der Waals surface area contributed by atoms with Crippen LogP contribution in [-0.4, -0.2) is 16.1 Å². The van der Waals surface area contributed by atoms with Gasteiger partial charge in [-0.2, -0.15) is 0 Å². The first kappa shape index (κ1) is 12.4. The van der Waals surface area contributed by atoms with Gasteiger partial charge in [0.2, 0.25) is 0 Å². The van der Waals surface area contributed by atoms with E-state index in [2.05, 4.69) is 9.97 Å². The summed E-state index contributed by atoms with van der Waals surface area (Å²) in [6, 6.07) is 5.65. The number of rotatable bonds is 3. The van der Waals surface area contributed by atoms with Gasteiger partial charge in [0, 0.05) is 16.8 Å². The summed E-state index contributed by atoms with van der Waals surface area (Å²) in [4.78, 5) is 8.69. The molecule has 1 heterocycles. The van der Waals surface area contributed by atoms with Crippen molar-refractivity contribution in [1.29, 1.82) is 0 Å². The van der Waals surface area contributed by atoms with Gasteiger partial charge in [-0.3, -0.25) is 9.97 Å². The molecule has 1 aromatic carbocycles. The number of benzene rings is 1. The van der Waals surface area contributed by atoms with E-state index in [0.717, 1.165) is 35.5 Å². The molecule has 3 nitrogen and oxygen atoms in total. The molecule has 0 spiro atoms. The van der Waals surface area contributed by atoms with Crippen molar-refractivity contribution in [1.82, 2.24) is 9.97 Å². The van der Waals surface area contributed by atoms with E-state index in [1.807, 2.05) is 25.1 Å². The molecule has 4 heteroatoms. The van der Waals surface area contributed by atoms with E-state index in [1.54, 1.807) is 12.4 Å². The highest BCUT2D eigenvalue weighted by Crippen LogP contribution is 2.34. The van der Waals surface area contributed by atoms with Crippen molar-refractivity contribution in [3.63, 3.8) is 0 Å². The van der Waals surface area contributed by atoms with Crippen molar-refractivity contribution in [3.8, 4) is 17.0 Å². The summed E-state index contributed by atoms with van der Waals surface area (Å²) in [7, 11) is 0. The lowest BCUT2D eigenvalue weighted by Crippen LogP contribution is -2.24. The molecule has 1 aliphatic rings. The molecule has 98 valence electrons. The maximum absolute atomic E-state index is 6.06. The summed E-state index contributed by atoms with van der Waals surface area (Å²) >= 11 is 6.06. The average Bonchev–Trinajstić information content (AvgIpc) is 2.35. The Kier molecular flexibility index (Phi) is 3.38. The van der Waals surface area contributed by atoms with E-state index in [1.165, 1.54) is 6.42 Å². The Balaban J connectivity index is 1.96. The van der Waals surface area contributed by atoms with Crippen molar-refractivity contribution < 1.29 is 4.74 Å². The molecule has 19 heavy (non-hydrogen) atoms. The summed E-state index contributed by atoms with van der Waals surface area (Å²) in [5.41, 5.74) is 2.67. The van der Waals surface area contributed by atoms with Gasteiger partial charge in [-0.05, 0) is 44.4 Å². The maximum Gasteiger partial charge on any atom is 0.130 e. The van der Waals surface area contributed by atoms with Crippen molar-refractivity contribution >= 4 is 11.6 Å². The highest BCUT2D eigenvalue weighted by Gasteiger charge is 2.21. The zero-order valence-electron chi connectivity index (χ0n) is 10.8. The first-order valence-corrected chi connectivity index (χ1v) is 6.85. The van der Waals surface area contributed by atoms with Crippen LogP contribution in [0.4, 0.5) is 0 Å². The van der Waals surface area contributed by atoms with Crippen LogP contribution in [0.5, 0.6) is 5.75 Å². The number of halogens is 1. The molecule has 0 amide bonds.